The number of nitrogens with zero attached hydrogens (tertiary/aromatic N) is 2. The van der Waals surface area contributed by atoms with Gasteiger partial charge in [0.25, 0.3) is 0 Å². The lowest BCUT2D eigenvalue weighted by Crippen LogP contribution is -2.61. The summed E-state index contributed by atoms with van der Waals surface area (Å²) in [7, 11) is 0. The van der Waals surface area contributed by atoms with Crippen molar-refractivity contribution in [3.05, 3.63) is 174 Å². The van der Waals surface area contributed by atoms with Crippen LogP contribution in [-0.4, -0.2) is 6.85 Å². The smallest absolute Gasteiger partial charge is 0.333 e. The maximum atomic E-state index is 2.76. The molecule has 2 aliphatic heterocycles. The molecule has 0 radical (unpaired) electrons. The third-order valence-corrected chi connectivity index (χ3v) is 18.6. The second-order valence-electron chi connectivity index (χ2n) is 23.6. The summed E-state index contributed by atoms with van der Waals surface area (Å²) in [5.41, 5.74) is 20.0. The monoisotopic (exact) mass is 930 g/mol. The Morgan fingerprint density at radius 2 is 1.09 bits per heavy atom. The molecule has 0 spiro atoms. The Balaban J connectivity index is 1.24. The van der Waals surface area contributed by atoms with Gasteiger partial charge in [-0.25, -0.2) is 0 Å². The predicted molar refractivity (Wildman–Crippen MR) is 304 cm³/mol. The maximum absolute atomic E-state index is 2.76. The van der Waals surface area contributed by atoms with Crippen molar-refractivity contribution in [2.75, 3.05) is 9.71 Å². The molecule has 8 aromatic carbocycles. The van der Waals surface area contributed by atoms with Crippen LogP contribution in [0.4, 0.5) is 28.4 Å². The fourth-order valence-corrected chi connectivity index (χ4v) is 14.7. The lowest BCUT2D eigenvalue weighted by molar-refractivity contribution is 0.332. The first-order chi connectivity index (χ1) is 33.0. The Morgan fingerprint density at radius 3 is 1.75 bits per heavy atom. The highest BCUT2D eigenvalue weighted by Gasteiger charge is 2.49. The molecule has 0 atom stereocenters. The highest BCUT2D eigenvalue weighted by atomic mass is 32.1. The van der Waals surface area contributed by atoms with E-state index in [0.717, 1.165) is 12.8 Å². The number of rotatable bonds is 3. The van der Waals surface area contributed by atoms with Crippen LogP contribution in [0.25, 0.3) is 62.6 Å². The van der Waals surface area contributed by atoms with Crippen molar-refractivity contribution in [1.82, 2.24) is 0 Å². The van der Waals surface area contributed by atoms with Crippen molar-refractivity contribution < 1.29 is 0 Å². The van der Waals surface area contributed by atoms with Crippen LogP contribution in [0.2, 0.25) is 0 Å². The van der Waals surface area contributed by atoms with Crippen LogP contribution >= 0.6 is 22.7 Å². The lowest BCUT2D eigenvalue weighted by Gasteiger charge is -2.48. The van der Waals surface area contributed by atoms with Gasteiger partial charge in [-0.3, -0.25) is 0 Å². The van der Waals surface area contributed by atoms with E-state index in [1.807, 2.05) is 22.7 Å². The van der Waals surface area contributed by atoms with Gasteiger partial charge in [0, 0.05) is 69.4 Å². The van der Waals surface area contributed by atoms with Crippen LogP contribution in [0.1, 0.15) is 104 Å². The Bertz CT molecular complexity index is 3760. The van der Waals surface area contributed by atoms with Crippen LogP contribution in [-0.2, 0) is 21.7 Å². The second kappa shape index (κ2) is 14.7. The van der Waals surface area contributed by atoms with E-state index in [1.54, 1.807) is 0 Å². The Kier molecular flexibility index (Phi) is 9.15. The standard InChI is InChI=1S/C64H59BN2S2/c1-61(2,3)39-24-27-41(28-25-39)67-52-37-49-48(63(7,8)32-33-64(49,9)10)35-47(52)56-57-53(36-46-43-21-15-17-23-55(43)68-59(46)56)66(51-31-26-40(62(4,5)6)34-45(51)38-18-12-11-13-19-38)58-50(65(57)67)30-29-44-42-20-14-16-22-54(42)69-60(44)58/h11-31,34-37H,32-33H2,1-10H3. The molecule has 10 aromatic rings. The molecule has 1 aliphatic carbocycles. The third-order valence-electron chi connectivity index (χ3n) is 16.2. The zero-order valence-corrected chi connectivity index (χ0v) is 43.3. The Morgan fingerprint density at radius 1 is 0.493 bits per heavy atom. The number of benzene rings is 8. The molecular weight excluding hydrogens is 872 g/mol. The quantitative estimate of drug-likeness (QED) is 0.163. The van der Waals surface area contributed by atoms with Gasteiger partial charge in [-0.1, -0.05) is 166 Å². The number of hydrogen-bond acceptors (Lipinski definition) is 4. The van der Waals surface area contributed by atoms with Gasteiger partial charge in [-0.2, -0.15) is 0 Å². The molecule has 0 saturated heterocycles. The van der Waals surface area contributed by atoms with Gasteiger partial charge < -0.3 is 9.71 Å². The van der Waals surface area contributed by atoms with Gasteiger partial charge in [0.15, 0.2) is 0 Å². The summed E-state index contributed by atoms with van der Waals surface area (Å²) in [4.78, 5) is 5.49. The molecule has 2 nitrogen and oxygen atoms in total. The second-order valence-corrected chi connectivity index (χ2v) is 25.7. The average molecular weight is 931 g/mol. The van der Waals surface area contributed by atoms with Crippen molar-refractivity contribution in [1.29, 1.82) is 0 Å². The van der Waals surface area contributed by atoms with Crippen LogP contribution in [0.15, 0.2) is 152 Å². The van der Waals surface area contributed by atoms with Gasteiger partial charge >= 0.3 is 6.85 Å². The van der Waals surface area contributed by atoms with Gasteiger partial charge in [-0.15, -0.1) is 22.7 Å². The molecule has 69 heavy (non-hydrogen) atoms. The summed E-state index contributed by atoms with van der Waals surface area (Å²) in [5, 5.41) is 5.29. The van der Waals surface area contributed by atoms with Crippen LogP contribution in [0.3, 0.4) is 0 Å². The lowest BCUT2D eigenvalue weighted by atomic mass is 9.43. The van der Waals surface area contributed by atoms with Crippen molar-refractivity contribution in [2.24, 2.45) is 0 Å². The highest BCUT2D eigenvalue weighted by molar-refractivity contribution is 7.27. The van der Waals surface area contributed by atoms with E-state index in [2.05, 4.69) is 231 Å². The summed E-state index contributed by atoms with van der Waals surface area (Å²) in [6, 6.07) is 59.1. The molecular formula is C64H59BN2S2. The molecule has 0 bridgehead atoms. The van der Waals surface area contributed by atoms with E-state index in [-0.39, 0.29) is 28.5 Å². The summed E-state index contributed by atoms with van der Waals surface area (Å²) >= 11 is 3.93. The average Bonchev–Trinajstić information content (AvgIpc) is 3.91. The van der Waals surface area contributed by atoms with Gasteiger partial charge in [0.2, 0.25) is 0 Å². The molecule has 0 saturated carbocycles. The van der Waals surface area contributed by atoms with Crippen LogP contribution in [0.5, 0.6) is 0 Å². The zero-order valence-electron chi connectivity index (χ0n) is 41.6. The third kappa shape index (κ3) is 6.35. The Hall–Kier alpha value is -6.14. The molecule has 4 heterocycles. The first-order valence-corrected chi connectivity index (χ1v) is 26.6. The molecule has 0 N–H and O–H groups in total. The minimum atomic E-state index is -0.106. The van der Waals surface area contributed by atoms with Gasteiger partial charge in [0.05, 0.1) is 16.1 Å². The normalized spacial score (nSPS) is 16.0. The minimum absolute atomic E-state index is 0.0310. The molecule has 2 aromatic heterocycles. The van der Waals surface area contributed by atoms with E-state index < -0.39 is 0 Å². The highest BCUT2D eigenvalue weighted by Crippen LogP contribution is 2.57. The number of hydrogen-bond donors (Lipinski definition) is 0. The minimum Gasteiger partial charge on any atom is -0.376 e. The molecule has 13 rings (SSSR count). The molecule has 0 amide bonds. The van der Waals surface area contributed by atoms with Gasteiger partial charge in [0.1, 0.15) is 0 Å². The zero-order chi connectivity index (χ0) is 47.5. The molecule has 0 unspecified atom stereocenters. The first-order valence-electron chi connectivity index (χ1n) is 25.0. The van der Waals surface area contributed by atoms with Crippen LogP contribution in [0, 0.1) is 0 Å². The maximum Gasteiger partial charge on any atom is 0.333 e. The van der Waals surface area contributed by atoms with Crippen molar-refractivity contribution in [2.45, 2.75) is 104 Å². The summed E-state index contributed by atoms with van der Waals surface area (Å²) in [5.74, 6) is 0. The summed E-state index contributed by atoms with van der Waals surface area (Å²) in [6.45, 7) is 23.8. The van der Waals surface area contributed by atoms with E-state index in [4.69, 9.17) is 0 Å². The van der Waals surface area contributed by atoms with E-state index >= 15 is 0 Å². The molecule has 0 fully saturated rings. The number of fused-ring (bicyclic) bond motifs is 13. The molecule has 3 aliphatic rings. The fraction of sp³-hybridized carbons (Fsp3) is 0.250. The first kappa shape index (κ1) is 42.9. The fourth-order valence-electron chi connectivity index (χ4n) is 12.2. The predicted octanol–water partition coefficient (Wildman–Crippen LogP) is 17.7. The van der Waals surface area contributed by atoms with Gasteiger partial charge in [-0.05, 0) is 128 Å². The van der Waals surface area contributed by atoms with Crippen molar-refractivity contribution in [3.8, 4) is 22.3 Å². The van der Waals surface area contributed by atoms with Crippen molar-refractivity contribution in [3.63, 3.8) is 0 Å². The Labute approximate surface area is 416 Å². The molecule has 340 valence electrons. The van der Waals surface area contributed by atoms with E-state index in [9.17, 15) is 0 Å². The van der Waals surface area contributed by atoms with Crippen molar-refractivity contribution >= 4 is 109 Å². The topological polar surface area (TPSA) is 6.48 Å². The summed E-state index contributed by atoms with van der Waals surface area (Å²) < 4.78 is 5.36. The largest absolute Gasteiger partial charge is 0.376 e. The molecule has 5 heteroatoms. The summed E-state index contributed by atoms with van der Waals surface area (Å²) in [6.07, 6.45) is 2.33. The van der Waals surface area contributed by atoms with E-state index in [1.165, 1.54) is 124 Å². The SMILES string of the molecule is CC(C)(C)c1ccc(N2B3c4ccc5c(sc6ccccc65)c4N(c4ccc(C(C)(C)C)cc4-c4ccccc4)c4cc5c(sc6ccccc65)c(c43)-c3cc4c(cc32)C(C)(C)CCC4(C)C)cc1. The van der Waals surface area contributed by atoms with E-state index in [0.29, 0.717) is 0 Å². The number of thiophene rings is 2. The number of anilines is 5. The van der Waals surface area contributed by atoms with Crippen LogP contribution < -0.4 is 20.6 Å².